The van der Waals surface area contributed by atoms with E-state index in [-0.39, 0.29) is 0 Å². The van der Waals surface area contributed by atoms with Gasteiger partial charge in [-0.3, -0.25) is 0 Å². The van der Waals surface area contributed by atoms with E-state index >= 15 is 0 Å². The molecule has 2 aliphatic heterocycles. The third-order valence-electron chi connectivity index (χ3n) is 3.98. The Morgan fingerprint density at radius 3 is 2.67 bits per heavy atom. The topological polar surface area (TPSA) is 55.8 Å². The van der Waals surface area contributed by atoms with E-state index < -0.39 is 10.0 Å². The molecule has 0 amide bonds. The van der Waals surface area contributed by atoms with Crippen molar-refractivity contribution in [1.82, 2.24) is 4.31 Å². The number of benzene rings is 1. The van der Waals surface area contributed by atoms with Crippen LogP contribution < -0.4 is 9.47 Å². The smallest absolute Gasteiger partial charge is 0.243 e. The lowest BCUT2D eigenvalue weighted by Crippen LogP contribution is -2.39. The summed E-state index contributed by atoms with van der Waals surface area (Å²) in [6.45, 7) is 4.44. The van der Waals surface area contributed by atoms with Gasteiger partial charge in [0.1, 0.15) is 0 Å². The first-order chi connectivity index (χ1) is 10.1. The molecule has 116 valence electrons. The fourth-order valence-corrected chi connectivity index (χ4v) is 4.43. The monoisotopic (exact) mass is 311 g/mol. The molecular formula is C15H21NO4S. The quantitative estimate of drug-likeness (QED) is 0.841. The van der Waals surface area contributed by atoms with E-state index in [4.69, 9.17) is 9.47 Å². The molecular weight excluding hydrogens is 290 g/mol. The lowest BCUT2D eigenvalue weighted by molar-refractivity contribution is 0.281. The highest BCUT2D eigenvalue weighted by Crippen LogP contribution is 2.33. The molecule has 0 N–H and O–H groups in total. The second kappa shape index (κ2) is 5.85. The van der Waals surface area contributed by atoms with Gasteiger partial charge in [0.15, 0.2) is 11.5 Å². The number of piperidine rings is 1. The van der Waals surface area contributed by atoms with Gasteiger partial charge in [-0.15, -0.1) is 0 Å². The van der Waals surface area contributed by atoms with Gasteiger partial charge in [-0.25, -0.2) is 8.42 Å². The average molecular weight is 311 g/mol. The minimum Gasteiger partial charge on any atom is -0.490 e. The molecule has 1 aromatic rings. The van der Waals surface area contributed by atoms with Crippen LogP contribution in [0.1, 0.15) is 26.2 Å². The second-order valence-electron chi connectivity index (χ2n) is 5.77. The van der Waals surface area contributed by atoms with Gasteiger partial charge < -0.3 is 9.47 Å². The van der Waals surface area contributed by atoms with Crippen molar-refractivity contribution in [3.8, 4) is 11.5 Å². The van der Waals surface area contributed by atoms with E-state index in [1.54, 1.807) is 22.5 Å². The molecule has 3 rings (SSSR count). The molecule has 0 bridgehead atoms. The van der Waals surface area contributed by atoms with Crippen LogP contribution in [-0.4, -0.2) is 39.0 Å². The highest BCUT2D eigenvalue weighted by Gasteiger charge is 2.29. The van der Waals surface area contributed by atoms with Gasteiger partial charge in [-0.1, -0.05) is 6.92 Å². The van der Waals surface area contributed by atoms with Crippen LogP contribution in [0, 0.1) is 5.92 Å². The molecule has 1 fully saturated rings. The Hall–Kier alpha value is -1.27. The van der Waals surface area contributed by atoms with Crippen LogP contribution >= 0.6 is 0 Å². The van der Waals surface area contributed by atoms with Gasteiger partial charge in [0.05, 0.1) is 18.1 Å². The highest BCUT2D eigenvalue weighted by atomic mass is 32.2. The fraction of sp³-hybridized carbons (Fsp3) is 0.600. The summed E-state index contributed by atoms with van der Waals surface area (Å²) < 4.78 is 38.2. The Morgan fingerprint density at radius 1 is 1.14 bits per heavy atom. The van der Waals surface area contributed by atoms with Crippen LogP contribution in [-0.2, 0) is 10.0 Å². The van der Waals surface area contributed by atoms with Crippen molar-refractivity contribution in [1.29, 1.82) is 0 Å². The van der Waals surface area contributed by atoms with Crippen molar-refractivity contribution in [3.05, 3.63) is 18.2 Å². The van der Waals surface area contributed by atoms with Crippen molar-refractivity contribution >= 4 is 10.0 Å². The molecule has 21 heavy (non-hydrogen) atoms. The largest absolute Gasteiger partial charge is 0.490 e. The van der Waals surface area contributed by atoms with E-state index in [0.717, 1.165) is 19.3 Å². The van der Waals surface area contributed by atoms with E-state index in [9.17, 15) is 8.42 Å². The Bertz CT molecular complexity index is 614. The standard InChI is InChI=1S/C15H21NO4S/c1-12-4-2-7-16(11-12)21(17,18)13-5-6-14-15(10-13)20-9-3-8-19-14/h5-6,10,12H,2-4,7-9,11H2,1H3. The van der Waals surface area contributed by atoms with Crippen LogP contribution in [0.15, 0.2) is 23.1 Å². The maximum absolute atomic E-state index is 12.7. The number of sulfonamides is 1. The molecule has 1 atom stereocenters. The van der Waals surface area contributed by atoms with Crippen LogP contribution in [0.2, 0.25) is 0 Å². The zero-order chi connectivity index (χ0) is 14.9. The van der Waals surface area contributed by atoms with Gasteiger partial charge in [-0.05, 0) is 30.9 Å². The van der Waals surface area contributed by atoms with Crippen LogP contribution in [0.4, 0.5) is 0 Å². The first-order valence-corrected chi connectivity index (χ1v) is 8.91. The Kier molecular flexibility index (Phi) is 4.08. The van der Waals surface area contributed by atoms with Gasteiger partial charge in [0, 0.05) is 25.6 Å². The third-order valence-corrected chi connectivity index (χ3v) is 5.84. The van der Waals surface area contributed by atoms with E-state index in [2.05, 4.69) is 6.92 Å². The normalized spacial score (nSPS) is 23.6. The zero-order valence-corrected chi connectivity index (χ0v) is 13.1. The maximum atomic E-state index is 12.7. The molecule has 2 heterocycles. The summed E-state index contributed by atoms with van der Waals surface area (Å²) in [6.07, 6.45) is 2.82. The first kappa shape index (κ1) is 14.7. The summed E-state index contributed by atoms with van der Waals surface area (Å²) in [5, 5.41) is 0. The lowest BCUT2D eigenvalue weighted by atomic mass is 10.0. The predicted octanol–water partition coefficient (Wildman–Crippen LogP) is 2.27. The summed E-state index contributed by atoms with van der Waals surface area (Å²) in [4.78, 5) is 0.292. The second-order valence-corrected chi connectivity index (χ2v) is 7.71. The number of fused-ring (bicyclic) bond motifs is 1. The lowest BCUT2D eigenvalue weighted by Gasteiger charge is -2.30. The minimum atomic E-state index is -3.44. The highest BCUT2D eigenvalue weighted by molar-refractivity contribution is 7.89. The molecule has 0 aliphatic carbocycles. The van der Waals surface area contributed by atoms with Gasteiger partial charge in [0.2, 0.25) is 10.0 Å². The summed E-state index contributed by atoms with van der Waals surface area (Å²) in [7, 11) is -3.44. The molecule has 1 saturated heterocycles. The summed E-state index contributed by atoms with van der Waals surface area (Å²) >= 11 is 0. The number of hydrogen-bond acceptors (Lipinski definition) is 4. The van der Waals surface area contributed by atoms with Gasteiger partial charge in [-0.2, -0.15) is 4.31 Å². The molecule has 6 heteroatoms. The summed E-state index contributed by atoms with van der Waals surface area (Å²) in [5.74, 6) is 1.56. The molecule has 1 unspecified atom stereocenters. The third kappa shape index (κ3) is 3.01. The maximum Gasteiger partial charge on any atom is 0.243 e. The molecule has 1 aromatic carbocycles. The van der Waals surface area contributed by atoms with E-state index in [1.165, 1.54) is 0 Å². The molecule has 0 aromatic heterocycles. The minimum absolute atomic E-state index is 0.292. The predicted molar refractivity (Wildman–Crippen MR) is 79.2 cm³/mol. The van der Waals surface area contributed by atoms with Crippen molar-refractivity contribution in [2.24, 2.45) is 5.92 Å². The first-order valence-electron chi connectivity index (χ1n) is 7.47. The summed E-state index contributed by atoms with van der Waals surface area (Å²) in [6, 6.07) is 4.90. The molecule has 5 nitrogen and oxygen atoms in total. The number of rotatable bonds is 2. The van der Waals surface area contributed by atoms with Gasteiger partial charge in [0.25, 0.3) is 0 Å². The van der Waals surface area contributed by atoms with Crippen LogP contribution in [0.25, 0.3) is 0 Å². The Morgan fingerprint density at radius 2 is 1.90 bits per heavy atom. The zero-order valence-electron chi connectivity index (χ0n) is 12.2. The van der Waals surface area contributed by atoms with Crippen molar-refractivity contribution in [2.45, 2.75) is 31.1 Å². The SMILES string of the molecule is CC1CCCN(S(=O)(=O)c2ccc3c(c2)OCCCO3)C1. The Labute approximate surface area is 125 Å². The van der Waals surface area contributed by atoms with Crippen molar-refractivity contribution in [3.63, 3.8) is 0 Å². The van der Waals surface area contributed by atoms with E-state index in [0.29, 0.717) is 48.6 Å². The number of ether oxygens (including phenoxy) is 2. The average Bonchev–Trinajstić information content (AvgIpc) is 2.71. The molecule has 2 aliphatic rings. The van der Waals surface area contributed by atoms with Crippen molar-refractivity contribution < 1.29 is 17.9 Å². The van der Waals surface area contributed by atoms with Crippen LogP contribution in [0.3, 0.4) is 0 Å². The molecule has 0 radical (unpaired) electrons. The fourth-order valence-electron chi connectivity index (χ4n) is 2.82. The summed E-state index contributed by atoms with van der Waals surface area (Å²) in [5.41, 5.74) is 0. The number of hydrogen-bond donors (Lipinski definition) is 0. The van der Waals surface area contributed by atoms with E-state index in [1.807, 2.05) is 0 Å². The number of nitrogens with zero attached hydrogens (tertiary/aromatic N) is 1. The van der Waals surface area contributed by atoms with Crippen LogP contribution in [0.5, 0.6) is 11.5 Å². The van der Waals surface area contributed by atoms with Gasteiger partial charge >= 0.3 is 0 Å². The Balaban J connectivity index is 1.90. The molecule has 0 saturated carbocycles. The van der Waals surface area contributed by atoms with Crippen molar-refractivity contribution in [2.75, 3.05) is 26.3 Å². The molecule has 0 spiro atoms.